The summed E-state index contributed by atoms with van der Waals surface area (Å²) in [6, 6.07) is 0. The van der Waals surface area contributed by atoms with Gasteiger partial charge >= 0.3 is 24.6 Å². The maximum atomic E-state index is 15.7. The van der Waals surface area contributed by atoms with Crippen molar-refractivity contribution in [1.82, 2.24) is 9.21 Å². The van der Waals surface area contributed by atoms with Crippen molar-refractivity contribution >= 4 is 24.6 Å². The van der Waals surface area contributed by atoms with Crippen molar-refractivity contribution in [2.24, 2.45) is 4.52 Å². The van der Waals surface area contributed by atoms with Crippen molar-refractivity contribution in [3.63, 3.8) is 0 Å². The standard InChI is InChI=1S/C36F30N3O6P3/c37-1-7(43)19(55)31(20(56)8(1)44)70-68-76(72-33-23(59)11(47)3(39)12(48)24(33)60)67-78(74-35-27(63)15(51)5(41)16(52)28(35)64,75-36-29(65)17(53)6(42)18(54)30(36)66)69(71-32-21(57)9(45)2(38)10(46)22(32)58)77(68)73-34-25(61)13(49)4(40)14(50)26(34)62. The maximum Gasteiger partial charge on any atom is 0.447 e. The van der Waals surface area contributed by atoms with Gasteiger partial charge < -0.3 is 27.8 Å². The molecule has 1 heterocycles. The van der Waals surface area contributed by atoms with Gasteiger partial charge in [0.1, 0.15) is 0 Å². The van der Waals surface area contributed by atoms with E-state index in [0.29, 0.717) is 0 Å². The number of hydrogen-bond donors (Lipinski definition) is 0. The Morgan fingerprint density at radius 1 is 0.244 bits per heavy atom. The van der Waals surface area contributed by atoms with Gasteiger partial charge in [0.15, 0.2) is 0 Å². The van der Waals surface area contributed by atoms with E-state index in [9.17, 15) is 79.0 Å². The van der Waals surface area contributed by atoms with Crippen LogP contribution >= 0.6 is 24.6 Å². The molecule has 9 nitrogen and oxygen atoms in total. The van der Waals surface area contributed by atoms with Crippen LogP contribution in [-0.4, -0.2) is 9.21 Å². The molecule has 7 rings (SSSR count). The van der Waals surface area contributed by atoms with Crippen LogP contribution in [0.3, 0.4) is 0 Å². The van der Waals surface area contributed by atoms with Crippen LogP contribution in [0, 0.1) is 175 Å². The normalized spacial score (nSPS) is 15.7. The highest BCUT2D eigenvalue weighted by Crippen LogP contribution is 2.78. The molecule has 1 aliphatic rings. The lowest BCUT2D eigenvalue weighted by Gasteiger charge is -2.43. The van der Waals surface area contributed by atoms with E-state index in [0.717, 1.165) is 0 Å². The zero-order chi connectivity index (χ0) is 58.5. The Balaban J connectivity index is 1.79. The molecule has 2 unspecified atom stereocenters. The Kier molecular flexibility index (Phi) is 15.8. The van der Waals surface area contributed by atoms with Crippen LogP contribution in [0.15, 0.2) is 4.52 Å². The van der Waals surface area contributed by atoms with Crippen molar-refractivity contribution in [2.75, 3.05) is 0 Å². The summed E-state index contributed by atoms with van der Waals surface area (Å²) in [5, 5.41) is 0. The Bertz CT molecular complexity index is 3390. The van der Waals surface area contributed by atoms with Crippen LogP contribution in [-0.2, 0) is 0 Å². The van der Waals surface area contributed by atoms with Crippen LogP contribution in [0.1, 0.15) is 0 Å². The molecule has 0 saturated heterocycles. The first-order valence-electron chi connectivity index (χ1n) is 18.2. The van der Waals surface area contributed by atoms with E-state index in [1.54, 1.807) is 0 Å². The van der Waals surface area contributed by atoms with Crippen LogP contribution in [0.2, 0.25) is 0 Å². The Morgan fingerprint density at radius 2 is 0.449 bits per heavy atom. The van der Waals surface area contributed by atoms with E-state index >= 15 is 52.7 Å². The predicted octanol–water partition coefficient (Wildman–Crippen LogP) is 15.5. The molecule has 1 aliphatic heterocycles. The second-order valence-electron chi connectivity index (χ2n) is 13.5. The first-order valence-corrected chi connectivity index (χ1v) is 22.1. The van der Waals surface area contributed by atoms with Gasteiger partial charge in [0.25, 0.3) is 0 Å². The van der Waals surface area contributed by atoms with Crippen molar-refractivity contribution in [3.8, 4) is 34.5 Å². The van der Waals surface area contributed by atoms with E-state index in [1.807, 2.05) is 0 Å². The smallest absolute Gasteiger partial charge is 0.434 e. The lowest BCUT2D eigenvalue weighted by Crippen LogP contribution is -2.38. The van der Waals surface area contributed by atoms with E-state index in [-0.39, 0.29) is 0 Å². The molecule has 0 fully saturated rings. The predicted molar refractivity (Wildman–Crippen MR) is 188 cm³/mol. The molecule has 0 N–H and O–H groups in total. The van der Waals surface area contributed by atoms with Gasteiger partial charge in [-0.05, 0) is 0 Å². The van der Waals surface area contributed by atoms with Gasteiger partial charge in [-0.2, -0.15) is 52.7 Å². The molecule has 0 aromatic heterocycles. The average molecular weight is 1230 g/mol. The van der Waals surface area contributed by atoms with E-state index < -0.39 is 243 Å². The molecule has 0 amide bonds. The van der Waals surface area contributed by atoms with Gasteiger partial charge in [-0.3, -0.25) is 0 Å². The minimum atomic E-state index is -8.14. The van der Waals surface area contributed by atoms with Crippen LogP contribution in [0.5, 0.6) is 34.5 Å². The number of nitrogens with zero attached hydrogens (tertiary/aromatic N) is 3. The van der Waals surface area contributed by atoms with Crippen molar-refractivity contribution in [3.05, 3.63) is 175 Å². The molecular formula is C36F30N3O6P3. The number of benzene rings is 6. The Labute approximate surface area is 406 Å². The Hall–Kier alpha value is -6.97. The topological polar surface area (TPSA) is 74.2 Å². The van der Waals surface area contributed by atoms with Crippen molar-refractivity contribution < 1.29 is 159 Å². The summed E-state index contributed by atoms with van der Waals surface area (Å²) in [5.41, 5.74) is 0. The molecule has 0 radical (unpaired) electrons. The largest absolute Gasteiger partial charge is 0.447 e. The highest BCUT2D eigenvalue weighted by Gasteiger charge is 2.61. The molecule has 6 aromatic rings. The fourth-order valence-corrected chi connectivity index (χ4v) is 12.8. The zero-order valence-corrected chi connectivity index (χ0v) is 37.2. The third kappa shape index (κ3) is 9.23. The van der Waals surface area contributed by atoms with E-state index in [1.165, 1.54) is 0 Å². The molecule has 0 aliphatic carbocycles. The maximum absolute atomic E-state index is 15.7. The minimum Gasteiger partial charge on any atom is -0.434 e. The summed E-state index contributed by atoms with van der Waals surface area (Å²) in [6.45, 7) is 0. The van der Waals surface area contributed by atoms with E-state index in [4.69, 9.17) is 0 Å². The number of rotatable bonds is 12. The fourth-order valence-electron chi connectivity index (χ4n) is 5.35. The summed E-state index contributed by atoms with van der Waals surface area (Å²) in [7, 11) is -20.2. The van der Waals surface area contributed by atoms with Crippen LogP contribution in [0.4, 0.5) is 132 Å². The van der Waals surface area contributed by atoms with Gasteiger partial charge in [-0.25, -0.2) is 79.0 Å². The van der Waals surface area contributed by atoms with Crippen molar-refractivity contribution in [1.29, 1.82) is 0 Å². The molecule has 0 saturated carbocycles. The molecule has 2 atom stereocenters. The summed E-state index contributed by atoms with van der Waals surface area (Å²) in [6.07, 6.45) is 0. The lowest BCUT2D eigenvalue weighted by atomic mass is 10.3. The molecule has 0 bridgehead atoms. The third-order valence-electron chi connectivity index (χ3n) is 8.97. The van der Waals surface area contributed by atoms with Crippen LogP contribution in [0.25, 0.3) is 0 Å². The zero-order valence-electron chi connectivity index (χ0n) is 34.5. The summed E-state index contributed by atoms with van der Waals surface area (Å²) in [5.74, 6) is -124. The van der Waals surface area contributed by atoms with Gasteiger partial charge in [-0.15, -0.1) is 4.52 Å². The van der Waals surface area contributed by atoms with Gasteiger partial charge in [0.05, 0.1) is 0 Å². The highest BCUT2D eigenvalue weighted by atomic mass is 31.3. The second kappa shape index (κ2) is 21.0. The lowest BCUT2D eigenvalue weighted by molar-refractivity contribution is 0.0400. The quantitative estimate of drug-likeness (QED) is 0.0519. The van der Waals surface area contributed by atoms with Gasteiger partial charge in [0.2, 0.25) is 209 Å². The highest BCUT2D eigenvalue weighted by molar-refractivity contribution is 7.78. The van der Waals surface area contributed by atoms with Gasteiger partial charge in [0, 0.05) is 9.21 Å². The Morgan fingerprint density at radius 3 is 0.718 bits per heavy atom. The molecule has 0 spiro atoms. The summed E-state index contributed by atoms with van der Waals surface area (Å²) < 4.78 is 467. The average Bonchev–Trinajstić information content (AvgIpc) is 3.42. The number of hydrogen-bond acceptors (Lipinski definition) is 9. The first kappa shape index (κ1) is 58.7. The number of halogens is 30. The fraction of sp³-hybridized carbons (Fsp3) is 0. The van der Waals surface area contributed by atoms with E-state index in [2.05, 4.69) is 32.3 Å². The molecule has 42 heteroatoms. The third-order valence-corrected chi connectivity index (χ3v) is 15.7. The molecule has 420 valence electrons. The monoisotopic (exact) mass is 1230 g/mol. The van der Waals surface area contributed by atoms with Crippen molar-refractivity contribution in [2.45, 2.75) is 0 Å². The van der Waals surface area contributed by atoms with Gasteiger partial charge in [-0.1, -0.05) is 0 Å². The second-order valence-corrected chi connectivity index (χ2v) is 19.1. The molecule has 6 aromatic carbocycles. The summed E-state index contributed by atoms with van der Waals surface area (Å²) in [4.78, 5) is 8.63. The molecular weight excluding hydrogens is 1230 g/mol. The SMILES string of the molecule is Fc1c(F)c(F)c(ON2P(Oc3c(F)c(F)c(F)c(F)c3F)N=P(Oc3c(F)c(F)c(F)c(F)c3F)(Oc3c(F)c(F)c(F)c(F)c3F)N(Oc3c(F)c(F)c(F)c(F)c3F)P2Oc2c(F)c(F)c(F)c(F)c2F)c(F)c1F. The first-order chi connectivity index (χ1) is 36.2. The summed E-state index contributed by atoms with van der Waals surface area (Å²) >= 11 is 0. The van der Waals surface area contributed by atoms with Crippen LogP contribution < -0.4 is 27.8 Å². The minimum absolute atomic E-state index is 1.69. The molecule has 78 heavy (non-hydrogen) atoms.